The lowest BCUT2D eigenvalue weighted by Crippen LogP contribution is -2.50. The average molecular weight is 329 g/mol. The Kier molecular flexibility index (Phi) is 4.19. The van der Waals surface area contributed by atoms with Gasteiger partial charge < -0.3 is 4.57 Å². The number of thioether (sulfide) groups is 1. The Hall–Kier alpha value is -0.930. The van der Waals surface area contributed by atoms with Gasteiger partial charge >= 0.3 is 0 Å². The van der Waals surface area contributed by atoms with Gasteiger partial charge in [-0.15, -0.1) is 0 Å². The zero-order valence-electron chi connectivity index (χ0n) is 14.6. The van der Waals surface area contributed by atoms with Gasteiger partial charge in [0.25, 0.3) is 0 Å². The Morgan fingerprint density at radius 2 is 2.17 bits per heavy atom. The first-order valence-corrected chi connectivity index (χ1v) is 10.4. The van der Waals surface area contributed by atoms with Crippen molar-refractivity contribution in [3.05, 3.63) is 35.5 Å². The van der Waals surface area contributed by atoms with Crippen LogP contribution in [0.5, 0.6) is 0 Å². The van der Waals surface area contributed by atoms with Gasteiger partial charge in [0.05, 0.1) is 0 Å². The molecule has 1 aliphatic heterocycles. The summed E-state index contributed by atoms with van der Waals surface area (Å²) in [5.74, 6) is 2.88. The van der Waals surface area contributed by atoms with E-state index in [0.29, 0.717) is 6.04 Å². The molecule has 1 aromatic carbocycles. The highest BCUT2D eigenvalue weighted by atomic mass is 32.2. The van der Waals surface area contributed by atoms with Crippen molar-refractivity contribution in [3.8, 4) is 0 Å². The molecule has 0 saturated carbocycles. The lowest BCUT2D eigenvalue weighted by molar-refractivity contribution is 0.0926. The Morgan fingerprint density at radius 1 is 1.30 bits per heavy atom. The van der Waals surface area contributed by atoms with Crippen LogP contribution in [0.4, 0.5) is 0 Å². The summed E-state index contributed by atoms with van der Waals surface area (Å²) in [6.45, 7) is 4.88. The largest absolute Gasteiger partial charge is 0.350 e. The molecule has 0 radical (unpaired) electrons. The van der Waals surface area contributed by atoms with Crippen LogP contribution in [-0.2, 0) is 13.5 Å². The van der Waals surface area contributed by atoms with E-state index in [1.54, 1.807) is 16.5 Å². The van der Waals surface area contributed by atoms with E-state index in [4.69, 9.17) is 0 Å². The second-order valence-corrected chi connectivity index (χ2v) is 8.35. The van der Waals surface area contributed by atoms with Crippen LogP contribution in [0, 0.1) is 5.92 Å². The second kappa shape index (κ2) is 6.18. The van der Waals surface area contributed by atoms with Crippen LogP contribution < -0.4 is 0 Å². The van der Waals surface area contributed by atoms with Gasteiger partial charge in [0, 0.05) is 42.7 Å². The van der Waals surface area contributed by atoms with Gasteiger partial charge in [-0.1, -0.05) is 19.1 Å². The van der Waals surface area contributed by atoms with Crippen LogP contribution in [0.3, 0.4) is 0 Å². The number of benzene rings is 1. The maximum atomic E-state index is 2.81. The van der Waals surface area contributed by atoms with Gasteiger partial charge in [0.2, 0.25) is 0 Å². The highest BCUT2D eigenvalue weighted by molar-refractivity contribution is 7.98. The molecule has 1 aliphatic carbocycles. The molecule has 0 spiro atoms. The van der Waals surface area contributed by atoms with E-state index >= 15 is 0 Å². The average Bonchev–Trinajstić information content (AvgIpc) is 2.87. The SMILES string of the molecule is CCCN1C[C@H](CSC)CC2c3cccc4c3c(cn4C)C[C@H]21. The molecule has 4 rings (SSSR count). The van der Waals surface area contributed by atoms with Crippen molar-refractivity contribution in [2.75, 3.05) is 25.1 Å². The van der Waals surface area contributed by atoms with Crippen LogP contribution >= 0.6 is 11.8 Å². The monoisotopic (exact) mass is 328 g/mol. The maximum absolute atomic E-state index is 2.81. The molecular weight excluding hydrogens is 300 g/mol. The van der Waals surface area contributed by atoms with Crippen molar-refractivity contribution in [2.45, 2.75) is 38.1 Å². The molecule has 0 N–H and O–H groups in total. The molecule has 2 nitrogen and oxygen atoms in total. The quantitative estimate of drug-likeness (QED) is 0.827. The van der Waals surface area contributed by atoms with E-state index in [9.17, 15) is 0 Å². The smallest absolute Gasteiger partial charge is 0.0483 e. The Balaban J connectivity index is 1.78. The molecule has 2 aromatic rings. The third-order valence-electron chi connectivity index (χ3n) is 5.88. The minimum Gasteiger partial charge on any atom is -0.350 e. The fourth-order valence-corrected chi connectivity index (χ4v) is 5.79. The lowest BCUT2D eigenvalue weighted by atomic mass is 9.72. The third-order valence-corrected chi connectivity index (χ3v) is 6.69. The third kappa shape index (κ3) is 2.53. The first-order chi connectivity index (χ1) is 11.2. The van der Waals surface area contributed by atoms with Gasteiger partial charge in [0.15, 0.2) is 0 Å². The molecule has 3 atom stereocenters. The molecule has 23 heavy (non-hydrogen) atoms. The van der Waals surface area contributed by atoms with E-state index in [0.717, 1.165) is 11.8 Å². The minimum atomic E-state index is 0.716. The second-order valence-electron chi connectivity index (χ2n) is 7.44. The number of nitrogens with zero attached hydrogens (tertiary/aromatic N) is 2. The number of rotatable bonds is 4. The number of fused-ring (bicyclic) bond motifs is 2. The Morgan fingerprint density at radius 3 is 2.96 bits per heavy atom. The topological polar surface area (TPSA) is 8.17 Å². The molecular formula is C20H28N2S. The molecule has 1 aromatic heterocycles. The van der Waals surface area contributed by atoms with Gasteiger partial charge in [-0.2, -0.15) is 11.8 Å². The van der Waals surface area contributed by atoms with E-state index < -0.39 is 0 Å². The van der Waals surface area contributed by atoms with Crippen molar-refractivity contribution in [1.82, 2.24) is 9.47 Å². The number of aromatic nitrogens is 1. The van der Waals surface area contributed by atoms with E-state index in [1.807, 2.05) is 11.8 Å². The molecule has 124 valence electrons. The highest BCUT2D eigenvalue weighted by Crippen LogP contribution is 2.45. The van der Waals surface area contributed by atoms with Crippen molar-refractivity contribution in [3.63, 3.8) is 0 Å². The fraction of sp³-hybridized carbons (Fsp3) is 0.600. The van der Waals surface area contributed by atoms with Gasteiger partial charge in [-0.25, -0.2) is 0 Å². The summed E-state index contributed by atoms with van der Waals surface area (Å²) in [6.07, 6.45) is 8.51. The maximum Gasteiger partial charge on any atom is 0.0483 e. The number of piperidine rings is 1. The number of hydrogen-bond donors (Lipinski definition) is 0. The summed E-state index contributed by atoms with van der Waals surface area (Å²) in [5, 5.41) is 1.57. The first kappa shape index (κ1) is 15.6. The van der Waals surface area contributed by atoms with Crippen molar-refractivity contribution < 1.29 is 0 Å². The van der Waals surface area contributed by atoms with E-state index in [1.165, 1.54) is 43.6 Å². The van der Waals surface area contributed by atoms with Crippen LogP contribution in [0.2, 0.25) is 0 Å². The first-order valence-electron chi connectivity index (χ1n) is 9.02. The van der Waals surface area contributed by atoms with Gasteiger partial charge in [-0.3, -0.25) is 4.90 Å². The summed E-state index contributed by atoms with van der Waals surface area (Å²) in [4.78, 5) is 2.81. The van der Waals surface area contributed by atoms with Crippen LogP contribution in [0.15, 0.2) is 24.4 Å². The fourth-order valence-electron chi connectivity index (χ4n) is 5.08. The molecule has 1 saturated heterocycles. The Labute approximate surface area is 144 Å². The highest BCUT2D eigenvalue weighted by Gasteiger charge is 2.40. The normalized spacial score (nSPS) is 27.3. The molecule has 3 heteroatoms. The van der Waals surface area contributed by atoms with Crippen LogP contribution in [-0.4, -0.2) is 40.6 Å². The zero-order chi connectivity index (χ0) is 16.0. The lowest BCUT2D eigenvalue weighted by Gasteiger charge is -2.47. The number of aryl methyl sites for hydroxylation is 1. The van der Waals surface area contributed by atoms with Crippen molar-refractivity contribution in [1.29, 1.82) is 0 Å². The minimum absolute atomic E-state index is 0.716. The number of likely N-dealkylation sites (tertiary alicyclic amines) is 1. The summed E-state index contributed by atoms with van der Waals surface area (Å²) in [6, 6.07) is 7.68. The molecule has 0 bridgehead atoms. The zero-order valence-corrected chi connectivity index (χ0v) is 15.4. The van der Waals surface area contributed by atoms with Gasteiger partial charge in [-0.05, 0) is 60.9 Å². The van der Waals surface area contributed by atoms with Gasteiger partial charge in [0.1, 0.15) is 0 Å². The summed E-state index contributed by atoms with van der Waals surface area (Å²) in [5.41, 5.74) is 4.62. The van der Waals surface area contributed by atoms with Crippen LogP contribution in [0.1, 0.15) is 36.8 Å². The molecule has 2 aliphatic rings. The molecule has 2 heterocycles. The summed E-state index contributed by atoms with van der Waals surface area (Å²) < 4.78 is 2.33. The Bertz CT molecular complexity index is 705. The molecule has 0 amide bonds. The molecule has 1 unspecified atom stereocenters. The van der Waals surface area contributed by atoms with Crippen molar-refractivity contribution in [2.24, 2.45) is 13.0 Å². The summed E-state index contributed by atoms with van der Waals surface area (Å²) in [7, 11) is 2.20. The molecule has 1 fully saturated rings. The van der Waals surface area contributed by atoms with E-state index in [-0.39, 0.29) is 0 Å². The standard InChI is InChI=1S/C20H28N2S/c1-4-8-22-11-14(13-23-3)9-17-16-6-5-7-18-20(16)15(10-19(17)22)12-21(18)2/h5-7,12,14,17,19H,4,8-11,13H2,1-3H3/t14-,17?,19-/m1/s1. The predicted molar refractivity (Wildman–Crippen MR) is 102 cm³/mol. The van der Waals surface area contributed by atoms with Crippen LogP contribution in [0.25, 0.3) is 10.9 Å². The van der Waals surface area contributed by atoms with E-state index in [2.05, 4.69) is 54.1 Å². The predicted octanol–water partition coefficient (Wildman–Crippen LogP) is 4.28. The van der Waals surface area contributed by atoms with Crippen molar-refractivity contribution >= 4 is 22.7 Å². The summed E-state index contributed by atoms with van der Waals surface area (Å²) >= 11 is 2.02. The number of hydrogen-bond acceptors (Lipinski definition) is 2.